The van der Waals surface area contributed by atoms with E-state index in [1.807, 2.05) is 7.05 Å². The van der Waals surface area contributed by atoms with Crippen molar-refractivity contribution < 1.29 is 4.79 Å². The van der Waals surface area contributed by atoms with Crippen molar-refractivity contribution >= 4 is 6.29 Å². The minimum absolute atomic E-state index is 0.154. The molecule has 110 valence electrons. The smallest absolute Gasteiger partial charge is 0.120 e. The second kappa shape index (κ2) is 6.74. The van der Waals surface area contributed by atoms with Crippen LogP contribution in [0.5, 0.6) is 0 Å². The van der Waals surface area contributed by atoms with Crippen LogP contribution in [0.1, 0.15) is 56.2 Å². The van der Waals surface area contributed by atoms with E-state index in [1.54, 1.807) is 0 Å². The second-order valence-corrected chi connectivity index (χ2v) is 6.39. The van der Waals surface area contributed by atoms with E-state index in [0.717, 1.165) is 18.4 Å². The van der Waals surface area contributed by atoms with Crippen molar-refractivity contribution in [3.63, 3.8) is 0 Å². The van der Waals surface area contributed by atoms with Crippen LogP contribution < -0.4 is 5.32 Å². The zero-order valence-corrected chi connectivity index (χ0v) is 13.4. The Kier molecular flexibility index (Phi) is 5.55. The van der Waals surface area contributed by atoms with E-state index in [0.29, 0.717) is 6.42 Å². The largest absolute Gasteiger partial charge is 0.391 e. The summed E-state index contributed by atoms with van der Waals surface area (Å²) in [5.41, 5.74) is 4.99. The number of aryl methyl sites for hydroxylation is 1. The summed E-state index contributed by atoms with van der Waals surface area (Å²) in [5.74, 6) is 0.194. The Labute approximate surface area is 123 Å². The van der Waals surface area contributed by atoms with Gasteiger partial charge in [0.25, 0.3) is 0 Å². The van der Waals surface area contributed by atoms with E-state index < -0.39 is 0 Å². The number of carbonyl (C=O) groups is 1. The van der Waals surface area contributed by atoms with Crippen LogP contribution in [-0.4, -0.2) is 13.3 Å². The van der Waals surface area contributed by atoms with E-state index in [1.165, 1.54) is 16.7 Å². The molecule has 0 radical (unpaired) electrons. The van der Waals surface area contributed by atoms with E-state index in [9.17, 15) is 4.79 Å². The predicted molar refractivity (Wildman–Crippen MR) is 86.1 cm³/mol. The summed E-state index contributed by atoms with van der Waals surface area (Å²) in [4.78, 5) is 10.7. The molecule has 0 saturated heterocycles. The Morgan fingerprint density at radius 3 is 2.50 bits per heavy atom. The average Bonchev–Trinajstić information content (AvgIpc) is 2.39. The summed E-state index contributed by atoms with van der Waals surface area (Å²) < 4.78 is 0. The van der Waals surface area contributed by atoms with Crippen molar-refractivity contribution in [2.75, 3.05) is 7.05 Å². The lowest BCUT2D eigenvalue weighted by Gasteiger charge is -2.24. The summed E-state index contributed by atoms with van der Waals surface area (Å²) in [7, 11) is 1.88. The maximum Gasteiger partial charge on any atom is 0.120 e. The number of hydrogen-bond donors (Lipinski definition) is 1. The molecule has 2 heteroatoms. The van der Waals surface area contributed by atoms with Gasteiger partial charge in [0.2, 0.25) is 0 Å². The van der Waals surface area contributed by atoms with Gasteiger partial charge in [-0.15, -0.1) is 0 Å². The van der Waals surface area contributed by atoms with Crippen LogP contribution in [0, 0.1) is 6.92 Å². The summed E-state index contributed by atoms with van der Waals surface area (Å²) in [5, 5.41) is 3.13. The van der Waals surface area contributed by atoms with Gasteiger partial charge in [-0.1, -0.05) is 45.5 Å². The average molecular weight is 273 g/mol. The summed E-state index contributed by atoms with van der Waals surface area (Å²) >= 11 is 0. The van der Waals surface area contributed by atoms with Gasteiger partial charge in [-0.25, -0.2) is 0 Å². The highest BCUT2D eigenvalue weighted by Crippen LogP contribution is 2.32. The van der Waals surface area contributed by atoms with Gasteiger partial charge in [0.05, 0.1) is 0 Å². The van der Waals surface area contributed by atoms with E-state index in [4.69, 9.17) is 0 Å². The van der Waals surface area contributed by atoms with Crippen molar-refractivity contribution in [2.24, 2.45) is 0 Å². The van der Waals surface area contributed by atoms with Crippen molar-refractivity contribution in [1.29, 1.82) is 0 Å². The standard InChI is InChI=1S/C18H27NO/c1-13-12-15(18(3,4)5)9-10-16(13)17(8-7-11-20)14(2)19-6/h9-12,17,19H,2,7-8H2,1,3-6H3. The van der Waals surface area contributed by atoms with Crippen LogP contribution in [0.3, 0.4) is 0 Å². The molecule has 0 aromatic heterocycles. The number of nitrogens with one attached hydrogen (secondary N) is 1. The topological polar surface area (TPSA) is 29.1 Å². The monoisotopic (exact) mass is 273 g/mol. The number of likely N-dealkylation sites (N-methyl/N-ethyl adjacent to an activating group) is 1. The van der Waals surface area contributed by atoms with Crippen LogP contribution in [0.25, 0.3) is 0 Å². The first-order chi connectivity index (χ1) is 9.31. The quantitative estimate of drug-likeness (QED) is 0.791. The third kappa shape index (κ3) is 3.96. The fourth-order valence-corrected chi connectivity index (χ4v) is 2.46. The predicted octanol–water partition coefficient (Wildman–Crippen LogP) is 4.09. The van der Waals surface area contributed by atoms with Gasteiger partial charge in [0.15, 0.2) is 0 Å². The molecule has 1 unspecified atom stereocenters. The fourth-order valence-electron chi connectivity index (χ4n) is 2.46. The van der Waals surface area contributed by atoms with Gasteiger partial charge in [-0.2, -0.15) is 0 Å². The highest BCUT2D eigenvalue weighted by Gasteiger charge is 2.19. The third-order valence-corrected chi connectivity index (χ3v) is 3.83. The molecule has 0 amide bonds. The molecular weight excluding hydrogens is 246 g/mol. The maximum atomic E-state index is 10.7. The Morgan fingerprint density at radius 1 is 1.40 bits per heavy atom. The summed E-state index contributed by atoms with van der Waals surface area (Å²) in [6, 6.07) is 6.64. The van der Waals surface area contributed by atoms with E-state index >= 15 is 0 Å². The number of aldehydes is 1. The molecule has 0 aliphatic carbocycles. The minimum Gasteiger partial charge on any atom is -0.391 e. The lowest BCUT2D eigenvalue weighted by Crippen LogP contribution is -2.16. The molecule has 2 nitrogen and oxygen atoms in total. The van der Waals surface area contributed by atoms with Crippen molar-refractivity contribution in [3.8, 4) is 0 Å². The number of carbonyl (C=O) groups excluding carboxylic acids is 1. The first-order valence-electron chi connectivity index (χ1n) is 7.22. The van der Waals surface area contributed by atoms with Crippen molar-refractivity contribution in [3.05, 3.63) is 47.2 Å². The van der Waals surface area contributed by atoms with Crippen LogP contribution in [0.15, 0.2) is 30.5 Å². The molecule has 1 aromatic rings. The lowest BCUT2D eigenvalue weighted by molar-refractivity contribution is -0.107. The Bertz CT molecular complexity index is 483. The summed E-state index contributed by atoms with van der Waals surface area (Å²) in [6.45, 7) is 12.9. The van der Waals surface area contributed by atoms with E-state index in [-0.39, 0.29) is 11.3 Å². The number of rotatable bonds is 6. The normalized spacial score (nSPS) is 12.8. The molecule has 0 heterocycles. The molecule has 0 fully saturated rings. The van der Waals surface area contributed by atoms with Crippen molar-refractivity contribution in [2.45, 2.75) is 51.9 Å². The first kappa shape index (κ1) is 16.5. The molecule has 1 atom stereocenters. The first-order valence-corrected chi connectivity index (χ1v) is 7.22. The van der Waals surface area contributed by atoms with Crippen LogP contribution >= 0.6 is 0 Å². The van der Waals surface area contributed by atoms with Gasteiger partial charge in [0, 0.05) is 25.1 Å². The lowest BCUT2D eigenvalue weighted by atomic mass is 9.82. The molecule has 0 spiro atoms. The zero-order chi connectivity index (χ0) is 15.3. The minimum atomic E-state index is 0.154. The highest BCUT2D eigenvalue weighted by molar-refractivity contribution is 5.50. The molecule has 0 aliphatic heterocycles. The Balaban J connectivity index is 3.14. The second-order valence-electron chi connectivity index (χ2n) is 6.39. The highest BCUT2D eigenvalue weighted by atomic mass is 16.1. The van der Waals surface area contributed by atoms with E-state index in [2.05, 4.69) is 57.8 Å². The fraction of sp³-hybridized carbons (Fsp3) is 0.500. The number of hydrogen-bond acceptors (Lipinski definition) is 2. The molecular formula is C18H27NO. The summed E-state index contributed by atoms with van der Waals surface area (Å²) in [6.07, 6.45) is 2.35. The van der Waals surface area contributed by atoms with Crippen LogP contribution in [-0.2, 0) is 10.2 Å². The van der Waals surface area contributed by atoms with Gasteiger partial charge in [-0.05, 0) is 35.4 Å². The van der Waals surface area contributed by atoms with Crippen LogP contribution in [0.4, 0.5) is 0 Å². The van der Waals surface area contributed by atoms with Crippen LogP contribution in [0.2, 0.25) is 0 Å². The van der Waals surface area contributed by atoms with Gasteiger partial charge in [0.1, 0.15) is 6.29 Å². The third-order valence-electron chi connectivity index (χ3n) is 3.83. The molecule has 1 N–H and O–H groups in total. The van der Waals surface area contributed by atoms with Crippen molar-refractivity contribution in [1.82, 2.24) is 5.32 Å². The van der Waals surface area contributed by atoms with Gasteiger partial charge < -0.3 is 10.1 Å². The SMILES string of the molecule is C=C(NC)C(CCC=O)c1ccc(C(C)(C)C)cc1C. The molecule has 0 aliphatic rings. The molecule has 1 aromatic carbocycles. The number of benzene rings is 1. The molecule has 1 rings (SSSR count). The Morgan fingerprint density at radius 2 is 2.05 bits per heavy atom. The number of allylic oxidation sites excluding steroid dienone is 1. The van der Waals surface area contributed by atoms with Gasteiger partial charge in [-0.3, -0.25) is 0 Å². The zero-order valence-electron chi connectivity index (χ0n) is 13.4. The Hall–Kier alpha value is -1.57. The molecule has 20 heavy (non-hydrogen) atoms. The maximum absolute atomic E-state index is 10.7. The molecule has 0 bridgehead atoms. The molecule has 0 saturated carbocycles. The van der Waals surface area contributed by atoms with Gasteiger partial charge >= 0.3 is 0 Å².